The van der Waals surface area contributed by atoms with Crippen molar-refractivity contribution in [3.63, 3.8) is 0 Å². The van der Waals surface area contributed by atoms with Crippen LogP contribution in [-0.4, -0.2) is 19.3 Å². The van der Waals surface area contributed by atoms with E-state index in [9.17, 15) is 21.6 Å². The van der Waals surface area contributed by atoms with E-state index in [1.807, 2.05) is 6.07 Å². The Morgan fingerprint density at radius 1 is 1.17 bits per heavy atom. The second-order valence-electron chi connectivity index (χ2n) is 4.85. The lowest BCUT2D eigenvalue weighted by Crippen LogP contribution is -2.31. The monoisotopic (exact) mass is 374 g/mol. The van der Waals surface area contributed by atoms with Crippen LogP contribution in [0.15, 0.2) is 46.7 Å². The van der Waals surface area contributed by atoms with Gasteiger partial charge in [0, 0.05) is 24.4 Å². The van der Waals surface area contributed by atoms with Gasteiger partial charge in [-0.1, -0.05) is 6.07 Å². The quantitative estimate of drug-likeness (QED) is 0.771. The molecule has 0 N–H and O–H groups in total. The number of halogens is 3. The minimum absolute atomic E-state index is 0.00869. The molecule has 9 heteroatoms. The molecule has 0 amide bonds. The van der Waals surface area contributed by atoms with Gasteiger partial charge in [0.15, 0.2) is 0 Å². The van der Waals surface area contributed by atoms with Crippen LogP contribution in [0.3, 0.4) is 0 Å². The molecule has 1 aromatic heterocycles. The normalized spacial score (nSPS) is 12.3. The first-order chi connectivity index (χ1) is 11.2. The SMILES string of the molecule is N#CCCN(Cc1cccs1)S(=O)(=O)c1ccc(C(F)(F)F)cc1. The fourth-order valence-electron chi connectivity index (χ4n) is 2.00. The van der Waals surface area contributed by atoms with Crippen LogP contribution in [0.25, 0.3) is 0 Å². The van der Waals surface area contributed by atoms with Crippen molar-refractivity contribution in [2.45, 2.75) is 24.0 Å². The molecule has 1 aromatic carbocycles. The van der Waals surface area contributed by atoms with Crippen LogP contribution in [0, 0.1) is 11.3 Å². The summed E-state index contributed by atoms with van der Waals surface area (Å²) >= 11 is 1.36. The summed E-state index contributed by atoms with van der Waals surface area (Å²) in [4.78, 5) is 0.549. The zero-order chi connectivity index (χ0) is 17.8. The van der Waals surface area contributed by atoms with Gasteiger partial charge in [-0.2, -0.15) is 22.7 Å². The van der Waals surface area contributed by atoms with Crippen LogP contribution in [0.2, 0.25) is 0 Å². The number of thiophene rings is 1. The molecule has 0 unspecified atom stereocenters. The van der Waals surface area contributed by atoms with E-state index < -0.39 is 21.8 Å². The minimum Gasteiger partial charge on any atom is -0.207 e. The largest absolute Gasteiger partial charge is 0.416 e. The van der Waals surface area contributed by atoms with E-state index in [0.717, 1.165) is 33.4 Å². The van der Waals surface area contributed by atoms with Gasteiger partial charge in [-0.15, -0.1) is 11.3 Å². The molecular formula is C15H13F3N2O2S2. The summed E-state index contributed by atoms with van der Waals surface area (Å²) in [7, 11) is -3.99. The standard InChI is InChI=1S/C15H13F3N2O2S2/c16-15(17,18)12-4-6-14(7-5-12)24(21,22)20(9-2-8-19)11-13-3-1-10-23-13/h1,3-7,10H,2,9,11H2. The number of sulfonamides is 1. The molecule has 4 nitrogen and oxygen atoms in total. The third kappa shape index (κ3) is 4.35. The van der Waals surface area contributed by atoms with Crippen molar-refractivity contribution >= 4 is 21.4 Å². The second kappa shape index (κ2) is 7.34. The van der Waals surface area contributed by atoms with Gasteiger partial charge in [0.2, 0.25) is 10.0 Å². The molecule has 128 valence electrons. The van der Waals surface area contributed by atoms with Gasteiger partial charge in [-0.3, -0.25) is 0 Å². The van der Waals surface area contributed by atoms with Gasteiger partial charge < -0.3 is 0 Å². The first-order valence-electron chi connectivity index (χ1n) is 6.82. The highest BCUT2D eigenvalue weighted by Crippen LogP contribution is 2.30. The molecule has 0 aliphatic rings. The Morgan fingerprint density at radius 2 is 1.83 bits per heavy atom. The highest BCUT2D eigenvalue weighted by atomic mass is 32.2. The number of benzene rings is 1. The summed E-state index contributed by atoms with van der Waals surface area (Å²) in [5, 5.41) is 10.5. The number of alkyl halides is 3. The van der Waals surface area contributed by atoms with Gasteiger partial charge in [0.25, 0.3) is 0 Å². The van der Waals surface area contributed by atoms with E-state index in [-0.39, 0.29) is 24.4 Å². The van der Waals surface area contributed by atoms with Crippen LogP contribution < -0.4 is 0 Å². The molecule has 0 fully saturated rings. The molecule has 24 heavy (non-hydrogen) atoms. The summed E-state index contributed by atoms with van der Waals surface area (Å²) in [6.07, 6.45) is -4.54. The van der Waals surface area contributed by atoms with E-state index in [4.69, 9.17) is 5.26 Å². The molecule has 0 spiro atoms. The maximum Gasteiger partial charge on any atom is 0.416 e. The Bertz CT molecular complexity index is 808. The average molecular weight is 374 g/mol. The van der Waals surface area contributed by atoms with Gasteiger partial charge in [0.05, 0.1) is 16.5 Å². The summed E-state index contributed by atoms with van der Waals surface area (Å²) in [6, 6.07) is 8.75. The Balaban J connectivity index is 2.31. The lowest BCUT2D eigenvalue weighted by atomic mass is 10.2. The van der Waals surface area contributed by atoms with Crippen LogP contribution in [0.1, 0.15) is 16.9 Å². The van der Waals surface area contributed by atoms with Crippen LogP contribution in [0.4, 0.5) is 13.2 Å². The lowest BCUT2D eigenvalue weighted by molar-refractivity contribution is -0.137. The third-order valence-electron chi connectivity index (χ3n) is 3.20. The molecule has 0 aliphatic heterocycles. The predicted molar refractivity (Wildman–Crippen MR) is 83.6 cm³/mol. The molecule has 2 rings (SSSR count). The van der Waals surface area contributed by atoms with E-state index in [2.05, 4.69) is 0 Å². The fourth-order valence-corrected chi connectivity index (χ4v) is 4.22. The molecule has 0 bridgehead atoms. The van der Waals surface area contributed by atoms with Crippen molar-refractivity contribution in [1.29, 1.82) is 5.26 Å². The second-order valence-corrected chi connectivity index (χ2v) is 7.82. The number of rotatable bonds is 6. The van der Waals surface area contributed by atoms with Crippen molar-refractivity contribution in [3.8, 4) is 6.07 Å². The summed E-state index contributed by atoms with van der Waals surface area (Å²) in [6.45, 7) is 0.0421. The topological polar surface area (TPSA) is 61.2 Å². The molecule has 1 heterocycles. The number of hydrogen-bond donors (Lipinski definition) is 0. The Hall–Kier alpha value is -1.89. The van der Waals surface area contributed by atoms with Crippen molar-refractivity contribution in [1.82, 2.24) is 4.31 Å². The molecule has 0 aliphatic carbocycles. The predicted octanol–water partition coefficient (Wildman–Crippen LogP) is 3.87. The van der Waals surface area contributed by atoms with E-state index in [1.54, 1.807) is 17.5 Å². The van der Waals surface area contributed by atoms with Crippen molar-refractivity contribution < 1.29 is 21.6 Å². The molecule has 0 saturated carbocycles. The molecule has 2 aromatic rings. The highest BCUT2D eigenvalue weighted by molar-refractivity contribution is 7.89. The smallest absolute Gasteiger partial charge is 0.207 e. The number of nitriles is 1. The highest BCUT2D eigenvalue weighted by Gasteiger charge is 2.31. The van der Waals surface area contributed by atoms with Gasteiger partial charge in [-0.05, 0) is 35.7 Å². The summed E-state index contributed by atoms with van der Waals surface area (Å²) < 4.78 is 64.2. The van der Waals surface area contributed by atoms with Crippen LogP contribution in [-0.2, 0) is 22.7 Å². The minimum atomic E-state index is -4.53. The van der Waals surface area contributed by atoms with Crippen molar-refractivity contribution in [3.05, 3.63) is 52.2 Å². The fraction of sp³-hybridized carbons (Fsp3) is 0.267. The summed E-state index contributed by atoms with van der Waals surface area (Å²) in [5.74, 6) is 0. The van der Waals surface area contributed by atoms with Crippen molar-refractivity contribution in [2.75, 3.05) is 6.54 Å². The average Bonchev–Trinajstić information content (AvgIpc) is 3.03. The zero-order valence-electron chi connectivity index (χ0n) is 12.3. The van der Waals surface area contributed by atoms with E-state index >= 15 is 0 Å². The van der Waals surface area contributed by atoms with E-state index in [0.29, 0.717) is 0 Å². The molecule has 0 atom stereocenters. The number of hydrogen-bond acceptors (Lipinski definition) is 4. The third-order valence-corrected chi connectivity index (χ3v) is 5.93. The molecular weight excluding hydrogens is 361 g/mol. The van der Waals surface area contributed by atoms with Gasteiger partial charge in [-0.25, -0.2) is 8.42 Å². The van der Waals surface area contributed by atoms with Gasteiger partial charge >= 0.3 is 6.18 Å². The maximum atomic E-state index is 12.7. The Kier molecular flexibility index (Phi) is 5.64. The summed E-state index contributed by atoms with van der Waals surface area (Å²) in [5.41, 5.74) is -0.914. The van der Waals surface area contributed by atoms with Gasteiger partial charge in [0.1, 0.15) is 0 Å². The van der Waals surface area contributed by atoms with Crippen molar-refractivity contribution in [2.24, 2.45) is 0 Å². The first-order valence-corrected chi connectivity index (χ1v) is 9.14. The maximum absolute atomic E-state index is 12.7. The Labute approximate surface area is 141 Å². The zero-order valence-corrected chi connectivity index (χ0v) is 14.0. The van der Waals surface area contributed by atoms with Crippen LogP contribution >= 0.6 is 11.3 Å². The Morgan fingerprint density at radius 3 is 2.33 bits per heavy atom. The lowest BCUT2D eigenvalue weighted by Gasteiger charge is -2.21. The molecule has 0 radical (unpaired) electrons. The first kappa shape index (κ1) is 18.4. The number of nitrogens with zero attached hydrogens (tertiary/aromatic N) is 2. The molecule has 0 saturated heterocycles. The van der Waals surface area contributed by atoms with Crippen LogP contribution in [0.5, 0.6) is 0 Å². The van der Waals surface area contributed by atoms with E-state index in [1.165, 1.54) is 11.3 Å².